The lowest BCUT2D eigenvalue weighted by Crippen LogP contribution is -2.47. The van der Waals surface area contributed by atoms with Crippen molar-refractivity contribution in [3.8, 4) is 0 Å². The van der Waals surface area contributed by atoms with Gasteiger partial charge in [0.1, 0.15) is 0 Å². The van der Waals surface area contributed by atoms with Gasteiger partial charge in [-0.1, -0.05) is 13.3 Å². The van der Waals surface area contributed by atoms with E-state index >= 15 is 0 Å². The summed E-state index contributed by atoms with van der Waals surface area (Å²) in [5.41, 5.74) is 0. The highest BCUT2D eigenvalue weighted by Gasteiger charge is 2.27. The molecule has 0 spiro atoms. The van der Waals surface area contributed by atoms with Crippen LogP contribution in [0.2, 0.25) is 0 Å². The SMILES string of the molecule is CCN(C)C(=O)C(C)NC1CCCC1C. The van der Waals surface area contributed by atoms with Crippen LogP contribution in [0.15, 0.2) is 0 Å². The minimum Gasteiger partial charge on any atom is -0.345 e. The van der Waals surface area contributed by atoms with Gasteiger partial charge in [0, 0.05) is 19.6 Å². The summed E-state index contributed by atoms with van der Waals surface area (Å²) < 4.78 is 0. The summed E-state index contributed by atoms with van der Waals surface area (Å²) in [6.07, 6.45) is 3.81. The predicted molar refractivity (Wildman–Crippen MR) is 62.7 cm³/mol. The van der Waals surface area contributed by atoms with Crippen molar-refractivity contribution in [2.45, 2.75) is 52.1 Å². The van der Waals surface area contributed by atoms with Crippen molar-refractivity contribution in [3.05, 3.63) is 0 Å². The topological polar surface area (TPSA) is 32.3 Å². The van der Waals surface area contributed by atoms with Crippen molar-refractivity contribution in [1.29, 1.82) is 0 Å². The molecule has 0 radical (unpaired) electrons. The minimum absolute atomic E-state index is 0.0412. The maximum absolute atomic E-state index is 11.8. The third-order valence-corrected chi connectivity index (χ3v) is 3.55. The van der Waals surface area contributed by atoms with Crippen molar-refractivity contribution in [3.63, 3.8) is 0 Å². The van der Waals surface area contributed by atoms with Gasteiger partial charge in [0.25, 0.3) is 0 Å². The minimum atomic E-state index is -0.0412. The summed E-state index contributed by atoms with van der Waals surface area (Å²) in [7, 11) is 1.86. The molecule has 1 N–H and O–H groups in total. The molecule has 1 rings (SSSR count). The van der Waals surface area contributed by atoms with Gasteiger partial charge >= 0.3 is 0 Å². The van der Waals surface area contributed by atoms with Crippen molar-refractivity contribution in [2.75, 3.05) is 13.6 Å². The summed E-state index contributed by atoms with van der Waals surface area (Å²) in [6, 6.07) is 0.495. The lowest BCUT2D eigenvalue weighted by molar-refractivity contribution is -0.131. The fourth-order valence-electron chi connectivity index (χ4n) is 2.27. The van der Waals surface area contributed by atoms with Crippen LogP contribution in [-0.4, -0.2) is 36.5 Å². The Balaban J connectivity index is 2.40. The molecule has 1 amide bonds. The molecule has 0 aromatic heterocycles. The Morgan fingerprint density at radius 2 is 2.20 bits per heavy atom. The molecular formula is C12H24N2O. The molecule has 3 atom stereocenters. The molecule has 1 saturated carbocycles. The number of nitrogens with one attached hydrogen (secondary N) is 1. The maximum atomic E-state index is 11.8. The van der Waals surface area contributed by atoms with Crippen LogP contribution in [-0.2, 0) is 4.79 Å². The quantitative estimate of drug-likeness (QED) is 0.768. The molecule has 88 valence electrons. The average Bonchev–Trinajstić information content (AvgIpc) is 2.62. The van der Waals surface area contributed by atoms with E-state index in [9.17, 15) is 4.79 Å². The van der Waals surface area contributed by atoms with E-state index in [0.717, 1.165) is 6.54 Å². The summed E-state index contributed by atoms with van der Waals surface area (Å²) in [5, 5.41) is 3.45. The van der Waals surface area contributed by atoms with Crippen molar-refractivity contribution in [1.82, 2.24) is 10.2 Å². The first-order valence-corrected chi connectivity index (χ1v) is 6.07. The van der Waals surface area contributed by atoms with Crippen molar-refractivity contribution >= 4 is 5.91 Å². The number of rotatable bonds is 4. The largest absolute Gasteiger partial charge is 0.345 e. The monoisotopic (exact) mass is 212 g/mol. The van der Waals surface area contributed by atoms with Crippen molar-refractivity contribution < 1.29 is 4.79 Å². The van der Waals surface area contributed by atoms with Crippen LogP contribution in [0.5, 0.6) is 0 Å². The first kappa shape index (κ1) is 12.5. The van der Waals surface area contributed by atoms with Crippen molar-refractivity contribution in [2.24, 2.45) is 5.92 Å². The second-order valence-electron chi connectivity index (χ2n) is 4.76. The number of likely N-dealkylation sites (N-methyl/N-ethyl adjacent to an activating group) is 1. The van der Waals surface area contributed by atoms with Gasteiger partial charge in [-0.3, -0.25) is 4.79 Å². The Bertz CT molecular complexity index is 218. The molecule has 0 bridgehead atoms. The van der Waals surface area contributed by atoms with Gasteiger partial charge in [0.05, 0.1) is 6.04 Å². The summed E-state index contributed by atoms with van der Waals surface area (Å²) in [4.78, 5) is 13.6. The van der Waals surface area contributed by atoms with Gasteiger partial charge in [-0.05, 0) is 32.6 Å². The Morgan fingerprint density at radius 1 is 1.53 bits per heavy atom. The Kier molecular flexibility index (Phi) is 4.58. The molecule has 0 aromatic rings. The van der Waals surface area contributed by atoms with Gasteiger partial charge < -0.3 is 10.2 Å². The van der Waals surface area contributed by atoms with Crippen LogP contribution >= 0.6 is 0 Å². The van der Waals surface area contributed by atoms with Crippen LogP contribution in [0.25, 0.3) is 0 Å². The molecule has 0 aliphatic heterocycles. The first-order valence-electron chi connectivity index (χ1n) is 6.07. The Hall–Kier alpha value is -0.570. The molecule has 0 aromatic carbocycles. The van der Waals surface area contributed by atoms with Crippen LogP contribution < -0.4 is 5.32 Å². The number of amides is 1. The van der Waals surface area contributed by atoms with Crippen LogP contribution in [0.4, 0.5) is 0 Å². The molecule has 1 aliphatic rings. The van der Waals surface area contributed by atoms with E-state index in [1.54, 1.807) is 4.90 Å². The fraction of sp³-hybridized carbons (Fsp3) is 0.917. The summed E-state index contributed by atoms with van der Waals surface area (Å²) >= 11 is 0. The first-order chi connectivity index (χ1) is 7.06. The Morgan fingerprint density at radius 3 is 2.67 bits per heavy atom. The summed E-state index contributed by atoms with van der Waals surface area (Å²) in [6.45, 7) is 7.03. The third kappa shape index (κ3) is 3.20. The Labute approximate surface area is 93.2 Å². The highest BCUT2D eigenvalue weighted by Crippen LogP contribution is 2.25. The molecule has 3 heteroatoms. The number of hydrogen-bond acceptors (Lipinski definition) is 2. The second-order valence-corrected chi connectivity index (χ2v) is 4.76. The fourth-order valence-corrected chi connectivity index (χ4v) is 2.27. The van der Waals surface area contributed by atoms with E-state index < -0.39 is 0 Å². The number of hydrogen-bond donors (Lipinski definition) is 1. The molecule has 1 fully saturated rings. The molecule has 3 nitrogen and oxygen atoms in total. The van der Waals surface area contributed by atoms with E-state index in [0.29, 0.717) is 12.0 Å². The van der Waals surface area contributed by atoms with E-state index in [2.05, 4.69) is 12.2 Å². The van der Waals surface area contributed by atoms with Crippen LogP contribution in [0.1, 0.15) is 40.0 Å². The number of carbonyl (C=O) groups is 1. The molecule has 1 aliphatic carbocycles. The van der Waals surface area contributed by atoms with Gasteiger partial charge in [-0.15, -0.1) is 0 Å². The smallest absolute Gasteiger partial charge is 0.239 e. The molecule has 0 saturated heterocycles. The summed E-state index contributed by atoms with van der Waals surface area (Å²) in [5.74, 6) is 0.920. The van der Waals surface area contributed by atoms with Gasteiger partial charge in [0.15, 0.2) is 0 Å². The second kappa shape index (κ2) is 5.50. The zero-order chi connectivity index (χ0) is 11.4. The lowest BCUT2D eigenvalue weighted by Gasteiger charge is -2.25. The number of carbonyl (C=O) groups excluding carboxylic acids is 1. The van der Waals surface area contributed by atoms with E-state index in [1.165, 1.54) is 19.3 Å². The zero-order valence-corrected chi connectivity index (χ0v) is 10.4. The normalized spacial score (nSPS) is 27.7. The van der Waals surface area contributed by atoms with E-state index in [-0.39, 0.29) is 11.9 Å². The zero-order valence-electron chi connectivity index (χ0n) is 10.4. The molecule has 15 heavy (non-hydrogen) atoms. The molecule has 0 heterocycles. The third-order valence-electron chi connectivity index (χ3n) is 3.55. The van der Waals surface area contributed by atoms with Crippen LogP contribution in [0.3, 0.4) is 0 Å². The standard InChI is InChI=1S/C12H24N2O/c1-5-14(4)12(15)10(3)13-11-8-6-7-9(11)2/h9-11,13H,5-8H2,1-4H3. The average molecular weight is 212 g/mol. The van der Waals surface area contributed by atoms with Gasteiger partial charge in [0.2, 0.25) is 5.91 Å². The predicted octanol–water partition coefficient (Wildman–Crippen LogP) is 1.63. The highest BCUT2D eigenvalue weighted by atomic mass is 16.2. The van der Waals surface area contributed by atoms with E-state index in [1.807, 2.05) is 20.9 Å². The molecular weight excluding hydrogens is 188 g/mol. The highest BCUT2D eigenvalue weighted by molar-refractivity contribution is 5.81. The van der Waals surface area contributed by atoms with Crippen LogP contribution in [0, 0.1) is 5.92 Å². The van der Waals surface area contributed by atoms with E-state index in [4.69, 9.17) is 0 Å². The van der Waals surface area contributed by atoms with Gasteiger partial charge in [-0.25, -0.2) is 0 Å². The number of nitrogens with zero attached hydrogens (tertiary/aromatic N) is 1. The maximum Gasteiger partial charge on any atom is 0.239 e. The molecule has 3 unspecified atom stereocenters. The van der Waals surface area contributed by atoms with Gasteiger partial charge in [-0.2, -0.15) is 0 Å². The lowest BCUT2D eigenvalue weighted by atomic mass is 10.1.